The fraction of sp³-hybridized carbons (Fsp3) is 0.786. The molecule has 0 saturated heterocycles. The Bertz CT molecular complexity index is 459. The minimum atomic E-state index is -3.01. The Morgan fingerprint density at radius 3 is 2.71 bits per heavy atom. The van der Waals surface area contributed by atoms with Gasteiger partial charge in [-0.15, -0.1) is 0 Å². The molecule has 1 fully saturated rings. The monoisotopic (exact) mass is 302 g/mol. The maximum absolute atomic E-state index is 12.2. The first-order chi connectivity index (χ1) is 10.1. The van der Waals surface area contributed by atoms with Crippen LogP contribution in [0, 0.1) is 5.92 Å². The number of ether oxygens (including phenoxy) is 1. The summed E-state index contributed by atoms with van der Waals surface area (Å²) in [4.78, 5) is 15.1. The fourth-order valence-electron chi connectivity index (χ4n) is 2.72. The van der Waals surface area contributed by atoms with Crippen LogP contribution in [0.5, 0.6) is 0 Å². The summed E-state index contributed by atoms with van der Waals surface area (Å²) in [5.74, 6) is -0.609. The molecule has 0 aliphatic heterocycles. The van der Waals surface area contributed by atoms with Crippen LogP contribution in [-0.4, -0.2) is 29.0 Å². The molecule has 118 valence electrons. The first kappa shape index (κ1) is 16.0. The fourth-order valence-corrected chi connectivity index (χ4v) is 2.72. The van der Waals surface area contributed by atoms with Gasteiger partial charge in [0.25, 0.3) is 6.43 Å². The number of ketones is 1. The molecule has 0 bridgehead atoms. The van der Waals surface area contributed by atoms with Crippen LogP contribution in [0.3, 0.4) is 0 Å². The highest BCUT2D eigenvalue weighted by atomic mass is 19.3. The van der Waals surface area contributed by atoms with Crippen molar-refractivity contribution in [3.05, 3.63) is 11.7 Å². The van der Waals surface area contributed by atoms with Gasteiger partial charge in [0.05, 0.1) is 6.42 Å². The topological polar surface area (TPSA) is 65.2 Å². The molecule has 1 aliphatic rings. The lowest BCUT2D eigenvalue weighted by Gasteiger charge is -2.27. The maximum Gasteiger partial charge on any atom is 0.296 e. The van der Waals surface area contributed by atoms with E-state index in [9.17, 15) is 13.6 Å². The maximum atomic E-state index is 12.2. The second kappa shape index (κ2) is 7.59. The molecule has 0 spiro atoms. The molecule has 0 aromatic carbocycles. The zero-order chi connectivity index (χ0) is 15.2. The summed E-state index contributed by atoms with van der Waals surface area (Å²) in [7, 11) is 0. The molecule has 1 heterocycles. The van der Waals surface area contributed by atoms with Crippen molar-refractivity contribution in [2.75, 3.05) is 6.61 Å². The van der Waals surface area contributed by atoms with Gasteiger partial charge in [-0.05, 0) is 25.7 Å². The third kappa shape index (κ3) is 4.30. The van der Waals surface area contributed by atoms with Crippen molar-refractivity contribution >= 4 is 5.78 Å². The molecule has 1 aliphatic carbocycles. The molecule has 1 saturated carbocycles. The van der Waals surface area contributed by atoms with Crippen LogP contribution in [0.15, 0.2) is 4.52 Å². The first-order valence-corrected chi connectivity index (χ1v) is 7.36. The van der Waals surface area contributed by atoms with Crippen molar-refractivity contribution in [1.29, 1.82) is 0 Å². The zero-order valence-corrected chi connectivity index (χ0v) is 12.1. The van der Waals surface area contributed by atoms with Crippen LogP contribution in [0.25, 0.3) is 0 Å². The van der Waals surface area contributed by atoms with Crippen molar-refractivity contribution in [3.8, 4) is 0 Å². The summed E-state index contributed by atoms with van der Waals surface area (Å²) in [6.07, 6.45) is 1.74. The lowest BCUT2D eigenvalue weighted by atomic mass is 9.85. The minimum absolute atomic E-state index is 0.0733. The number of rotatable bonds is 7. The Morgan fingerprint density at radius 1 is 1.38 bits per heavy atom. The van der Waals surface area contributed by atoms with E-state index in [2.05, 4.69) is 10.1 Å². The second-order valence-electron chi connectivity index (χ2n) is 5.26. The third-order valence-electron chi connectivity index (χ3n) is 3.73. The highest BCUT2D eigenvalue weighted by Crippen LogP contribution is 2.35. The van der Waals surface area contributed by atoms with E-state index >= 15 is 0 Å². The zero-order valence-electron chi connectivity index (χ0n) is 12.1. The summed E-state index contributed by atoms with van der Waals surface area (Å²) in [6.45, 7) is 2.40. The van der Waals surface area contributed by atoms with Gasteiger partial charge >= 0.3 is 0 Å². The van der Waals surface area contributed by atoms with E-state index in [4.69, 9.17) is 9.26 Å². The SMILES string of the molecule is CCOC(c1noc(CC(=O)C(F)F)n1)C1CCCCC1. The van der Waals surface area contributed by atoms with Gasteiger partial charge in [-0.1, -0.05) is 24.4 Å². The number of hydrogen-bond acceptors (Lipinski definition) is 5. The van der Waals surface area contributed by atoms with Gasteiger partial charge in [0.15, 0.2) is 0 Å². The minimum Gasteiger partial charge on any atom is -0.370 e. The Morgan fingerprint density at radius 2 is 2.10 bits per heavy atom. The van der Waals surface area contributed by atoms with Gasteiger partial charge in [-0.3, -0.25) is 4.79 Å². The Kier molecular flexibility index (Phi) is 5.78. The van der Waals surface area contributed by atoms with Crippen molar-refractivity contribution < 1.29 is 22.8 Å². The van der Waals surface area contributed by atoms with E-state index in [1.165, 1.54) is 6.42 Å². The predicted octanol–water partition coefficient (Wildman–Crippen LogP) is 3.10. The highest BCUT2D eigenvalue weighted by molar-refractivity contribution is 5.82. The van der Waals surface area contributed by atoms with E-state index < -0.39 is 18.6 Å². The molecule has 5 nitrogen and oxygen atoms in total. The number of aromatic nitrogens is 2. The van der Waals surface area contributed by atoms with Crippen molar-refractivity contribution in [3.63, 3.8) is 0 Å². The van der Waals surface area contributed by atoms with Crippen LogP contribution in [0.1, 0.15) is 56.8 Å². The van der Waals surface area contributed by atoms with Gasteiger partial charge in [0.2, 0.25) is 17.5 Å². The third-order valence-corrected chi connectivity index (χ3v) is 3.73. The van der Waals surface area contributed by atoms with Crippen molar-refractivity contribution in [2.24, 2.45) is 5.92 Å². The van der Waals surface area contributed by atoms with Gasteiger partial charge in [0, 0.05) is 6.61 Å². The van der Waals surface area contributed by atoms with E-state index in [-0.39, 0.29) is 12.0 Å². The van der Waals surface area contributed by atoms with E-state index in [1.807, 2.05) is 6.92 Å². The molecule has 21 heavy (non-hydrogen) atoms. The predicted molar refractivity (Wildman–Crippen MR) is 70.0 cm³/mol. The number of carbonyl (C=O) groups is 1. The molecular weight excluding hydrogens is 282 g/mol. The molecule has 0 N–H and O–H groups in total. The van der Waals surface area contributed by atoms with E-state index in [0.717, 1.165) is 25.7 Å². The summed E-state index contributed by atoms with van der Waals surface area (Å²) in [6, 6.07) is 0. The van der Waals surface area contributed by atoms with Crippen molar-refractivity contribution in [2.45, 2.75) is 58.0 Å². The van der Waals surface area contributed by atoms with Gasteiger partial charge in [0.1, 0.15) is 6.10 Å². The molecular formula is C14H20F2N2O3. The average molecular weight is 302 g/mol. The molecule has 1 aromatic heterocycles. The number of nitrogens with zero attached hydrogens (tertiary/aromatic N) is 2. The van der Waals surface area contributed by atoms with Gasteiger partial charge in [-0.25, -0.2) is 8.78 Å². The molecule has 1 atom stereocenters. The standard InChI is InChI=1S/C14H20F2N2O3/c1-2-20-12(9-6-4-3-5-7-9)14-17-11(21-18-14)8-10(19)13(15)16/h9,12-13H,2-8H2,1H3. The van der Waals surface area contributed by atoms with Crippen LogP contribution >= 0.6 is 0 Å². The van der Waals surface area contributed by atoms with Crippen LogP contribution < -0.4 is 0 Å². The van der Waals surface area contributed by atoms with Crippen LogP contribution in [0.2, 0.25) is 0 Å². The average Bonchev–Trinajstić information content (AvgIpc) is 2.93. The Balaban J connectivity index is 2.06. The Labute approximate surface area is 122 Å². The summed E-state index contributed by atoms with van der Waals surface area (Å²) in [5.41, 5.74) is 0. The van der Waals surface area contributed by atoms with Crippen molar-refractivity contribution in [1.82, 2.24) is 10.1 Å². The second-order valence-corrected chi connectivity index (χ2v) is 5.26. The van der Waals surface area contributed by atoms with Crippen LogP contribution in [-0.2, 0) is 16.0 Å². The summed E-state index contributed by atoms with van der Waals surface area (Å²) in [5, 5.41) is 3.81. The summed E-state index contributed by atoms with van der Waals surface area (Å²) >= 11 is 0. The Hall–Kier alpha value is -1.37. The lowest BCUT2D eigenvalue weighted by molar-refractivity contribution is -0.129. The van der Waals surface area contributed by atoms with Gasteiger partial charge in [-0.2, -0.15) is 4.98 Å². The molecule has 2 rings (SSSR count). The normalized spacial score (nSPS) is 18.1. The van der Waals surface area contributed by atoms with Crippen LogP contribution in [0.4, 0.5) is 8.78 Å². The number of alkyl halides is 2. The number of carbonyl (C=O) groups excluding carboxylic acids is 1. The molecule has 7 heteroatoms. The van der Waals surface area contributed by atoms with E-state index in [0.29, 0.717) is 18.3 Å². The number of hydrogen-bond donors (Lipinski definition) is 0. The van der Waals surface area contributed by atoms with Gasteiger partial charge < -0.3 is 9.26 Å². The number of Topliss-reactive ketones (excluding diaryl/α,β-unsaturated/α-hetero) is 1. The lowest BCUT2D eigenvalue weighted by Crippen LogP contribution is -2.20. The smallest absolute Gasteiger partial charge is 0.296 e. The first-order valence-electron chi connectivity index (χ1n) is 7.36. The molecule has 1 unspecified atom stereocenters. The molecule has 0 radical (unpaired) electrons. The summed E-state index contributed by atoms with van der Waals surface area (Å²) < 4.78 is 35.1. The van der Waals surface area contributed by atoms with E-state index in [1.54, 1.807) is 0 Å². The highest BCUT2D eigenvalue weighted by Gasteiger charge is 2.30. The molecule has 1 aromatic rings. The number of halogens is 2. The molecule has 0 amide bonds. The largest absolute Gasteiger partial charge is 0.370 e. The quantitative estimate of drug-likeness (QED) is 0.774.